The first-order chi connectivity index (χ1) is 24.8. The number of rotatable bonds is 7. The summed E-state index contributed by atoms with van der Waals surface area (Å²) in [7, 11) is -3.83. The standard InChI is InChI=1S/C40H57N3O9S/c1-7-27-19-40(27,36(47)41-53(49,50)29-14-15-29)20-33(44)32-17-28-22-43(32)35(46)31(38(2,3)4)18-34(45)51-24-39(5,6)16-9-8-11-25-12-10-13-26-21-42(23-30(25)26)37(48)52-28/h10,12-13,27-29,31-32H,7-9,11,14-24H2,1-6H3,(H,41,47)/t27-,28-,31-,32+,40?/m1/s1. The molecule has 2 saturated carbocycles. The molecule has 1 unspecified atom stereocenters. The first-order valence-electron chi connectivity index (χ1n) is 19.4. The van der Waals surface area contributed by atoms with Crippen LogP contribution in [0.2, 0.25) is 0 Å². The van der Waals surface area contributed by atoms with E-state index >= 15 is 0 Å². The second kappa shape index (κ2) is 14.6. The fraction of sp³-hybridized carbons (Fsp3) is 0.725. The molecule has 0 radical (unpaired) electrons. The molecule has 1 aromatic rings. The van der Waals surface area contributed by atoms with Gasteiger partial charge in [-0.2, -0.15) is 0 Å². The van der Waals surface area contributed by atoms with E-state index in [0.717, 1.165) is 36.8 Å². The number of ether oxygens (including phenoxy) is 2. The molecule has 1 N–H and O–H groups in total. The van der Waals surface area contributed by atoms with Crippen molar-refractivity contribution in [3.63, 3.8) is 0 Å². The lowest BCUT2D eigenvalue weighted by atomic mass is 9.77. The van der Waals surface area contributed by atoms with Gasteiger partial charge in [0.05, 0.1) is 42.2 Å². The summed E-state index contributed by atoms with van der Waals surface area (Å²) in [4.78, 5) is 72.7. The van der Waals surface area contributed by atoms with E-state index < -0.39 is 68.0 Å². The zero-order valence-corrected chi connectivity index (χ0v) is 33.0. The molecule has 0 aromatic heterocycles. The van der Waals surface area contributed by atoms with E-state index in [-0.39, 0.29) is 49.5 Å². The van der Waals surface area contributed by atoms with Crippen molar-refractivity contribution in [1.82, 2.24) is 14.5 Å². The van der Waals surface area contributed by atoms with Crippen LogP contribution in [0.3, 0.4) is 0 Å². The highest BCUT2D eigenvalue weighted by Gasteiger charge is 2.62. The van der Waals surface area contributed by atoms with Gasteiger partial charge in [-0.25, -0.2) is 13.2 Å². The van der Waals surface area contributed by atoms with Gasteiger partial charge in [-0.05, 0) is 72.0 Å². The fourth-order valence-electron chi connectivity index (χ4n) is 8.57. The van der Waals surface area contributed by atoms with E-state index in [1.54, 1.807) is 4.90 Å². The van der Waals surface area contributed by atoms with Crippen LogP contribution in [0.25, 0.3) is 0 Å². The normalized spacial score (nSPS) is 29.7. The van der Waals surface area contributed by atoms with Crippen molar-refractivity contribution in [3.05, 3.63) is 34.9 Å². The molecule has 4 bridgehead atoms. The quantitative estimate of drug-likeness (QED) is 0.358. The van der Waals surface area contributed by atoms with E-state index in [1.165, 1.54) is 10.5 Å². The average Bonchev–Trinajstić information content (AvgIpc) is 3.97. The number of carbonyl (C=O) groups is 5. The number of ketones is 1. The Morgan fingerprint density at radius 1 is 1.04 bits per heavy atom. The Labute approximate surface area is 314 Å². The van der Waals surface area contributed by atoms with Crippen LogP contribution >= 0.6 is 0 Å². The molecule has 53 heavy (non-hydrogen) atoms. The highest BCUT2D eigenvalue weighted by molar-refractivity contribution is 7.90. The number of hydrogen-bond donors (Lipinski definition) is 1. The van der Waals surface area contributed by atoms with Crippen molar-refractivity contribution in [2.75, 3.05) is 13.2 Å². The molecular weight excluding hydrogens is 699 g/mol. The second-order valence-corrected chi connectivity index (χ2v) is 20.1. The highest BCUT2D eigenvalue weighted by atomic mass is 32.2. The van der Waals surface area contributed by atoms with Gasteiger partial charge in [0, 0.05) is 25.9 Å². The lowest BCUT2D eigenvalue weighted by molar-refractivity contribution is -0.155. The molecule has 5 atom stereocenters. The number of sulfonamides is 1. The third kappa shape index (κ3) is 8.60. The number of fused-ring (bicyclic) bond motifs is 3. The molecule has 3 amide bonds. The number of hydrogen-bond acceptors (Lipinski definition) is 9. The summed E-state index contributed by atoms with van der Waals surface area (Å²) in [6.45, 7) is 12.6. The molecule has 1 aromatic carbocycles. The van der Waals surface area contributed by atoms with Gasteiger partial charge >= 0.3 is 12.1 Å². The number of nitrogens with one attached hydrogen (secondary N) is 1. The summed E-state index contributed by atoms with van der Waals surface area (Å²) in [5, 5.41) is -0.592. The zero-order valence-electron chi connectivity index (χ0n) is 32.2. The molecule has 292 valence electrons. The Morgan fingerprint density at radius 3 is 2.42 bits per heavy atom. The van der Waals surface area contributed by atoms with Crippen LogP contribution in [0, 0.1) is 28.1 Å². The van der Waals surface area contributed by atoms with Crippen LogP contribution in [-0.4, -0.2) is 78.4 Å². The van der Waals surface area contributed by atoms with Crippen molar-refractivity contribution in [3.8, 4) is 0 Å². The monoisotopic (exact) mass is 755 g/mol. The van der Waals surface area contributed by atoms with Crippen molar-refractivity contribution < 1.29 is 41.9 Å². The predicted octanol–water partition coefficient (Wildman–Crippen LogP) is 5.44. The predicted molar refractivity (Wildman–Crippen MR) is 196 cm³/mol. The molecule has 3 aliphatic heterocycles. The minimum absolute atomic E-state index is 0.0344. The van der Waals surface area contributed by atoms with Gasteiger partial charge in [-0.1, -0.05) is 72.6 Å². The Bertz CT molecular complexity index is 1750. The number of aryl methyl sites for hydroxylation is 1. The molecule has 1 saturated heterocycles. The minimum atomic E-state index is -3.83. The van der Waals surface area contributed by atoms with Crippen molar-refractivity contribution >= 4 is 39.7 Å². The van der Waals surface area contributed by atoms with Crippen LogP contribution in [-0.2, 0) is 58.2 Å². The molecule has 3 fully saturated rings. The smallest absolute Gasteiger partial charge is 0.410 e. The lowest BCUT2D eigenvalue weighted by Crippen LogP contribution is -2.48. The van der Waals surface area contributed by atoms with Gasteiger partial charge in [-0.15, -0.1) is 0 Å². The van der Waals surface area contributed by atoms with Crippen LogP contribution in [0.15, 0.2) is 18.2 Å². The summed E-state index contributed by atoms with van der Waals surface area (Å²) in [5.74, 6) is -3.00. The Kier molecular flexibility index (Phi) is 10.8. The first-order valence-corrected chi connectivity index (χ1v) is 21.0. The van der Waals surface area contributed by atoms with E-state index in [9.17, 15) is 32.4 Å². The summed E-state index contributed by atoms with van der Waals surface area (Å²) >= 11 is 0. The number of nitrogens with zero attached hydrogens (tertiary/aromatic N) is 2. The Hall–Kier alpha value is -3.48. The largest absolute Gasteiger partial charge is 0.465 e. The number of amides is 3. The minimum Gasteiger partial charge on any atom is -0.465 e. The molecule has 0 spiro atoms. The van der Waals surface area contributed by atoms with Gasteiger partial charge in [-0.3, -0.25) is 28.8 Å². The summed E-state index contributed by atoms with van der Waals surface area (Å²) in [5.41, 5.74) is 1.24. The van der Waals surface area contributed by atoms with E-state index in [1.807, 2.05) is 39.8 Å². The SMILES string of the molecule is CC[C@@H]1CC1(CC(=O)[C@@H]1C[C@@H]2CN1C(=O)[C@H](C(C)(C)C)CC(=O)OCC(C)(C)CCCCc1cccc3c1CN(C3)C(=O)O2)C(=O)NS(=O)(=O)C1CC1. The van der Waals surface area contributed by atoms with Crippen molar-refractivity contribution in [2.24, 2.45) is 28.1 Å². The van der Waals surface area contributed by atoms with Gasteiger partial charge in [0.25, 0.3) is 0 Å². The van der Waals surface area contributed by atoms with Crippen LogP contribution in [0.5, 0.6) is 0 Å². The van der Waals surface area contributed by atoms with Gasteiger partial charge in [0.15, 0.2) is 5.78 Å². The van der Waals surface area contributed by atoms with E-state index in [0.29, 0.717) is 38.8 Å². The summed E-state index contributed by atoms with van der Waals surface area (Å²) < 4.78 is 39.6. The maximum Gasteiger partial charge on any atom is 0.410 e. The second-order valence-electron chi connectivity index (χ2n) is 18.1. The number of Topliss-reactive ketones (excluding diaryl/α,β-unsaturated/α-hetero) is 1. The number of carbonyl (C=O) groups excluding carboxylic acids is 5. The third-order valence-corrected chi connectivity index (χ3v) is 14.1. The average molecular weight is 756 g/mol. The van der Waals surface area contributed by atoms with Gasteiger partial charge < -0.3 is 14.4 Å². The van der Waals surface area contributed by atoms with Gasteiger partial charge in [0.2, 0.25) is 21.8 Å². The van der Waals surface area contributed by atoms with Crippen molar-refractivity contribution in [2.45, 2.75) is 143 Å². The molecule has 12 nitrogen and oxygen atoms in total. The van der Waals surface area contributed by atoms with Crippen LogP contribution in [0.1, 0.15) is 122 Å². The first kappa shape index (κ1) is 39.2. The number of cyclic esters (lactones) is 1. The number of esters is 1. The maximum atomic E-state index is 14.6. The van der Waals surface area contributed by atoms with E-state index in [2.05, 4.69) is 24.6 Å². The number of benzene rings is 1. The zero-order chi connectivity index (χ0) is 38.5. The Balaban J connectivity index is 1.28. The highest BCUT2D eigenvalue weighted by Crippen LogP contribution is 2.58. The maximum absolute atomic E-state index is 14.6. The fourth-order valence-corrected chi connectivity index (χ4v) is 9.96. The molecule has 3 heterocycles. The van der Waals surface area contributed by atoms with Gasteiger partial charge in [0.1, 0.15) is 6.10 Å². The van der Waals surface area contributed by atoms with E-state index in [4.69, 9.17) is 9.47 Å². The Morgan fingerprint density at radius 2 is 1.75 bits per heavy atom. The molecule has 5 aliphatic rings. The molecule has 13 heteroatoms. The molecule has 6 rings (SSSR count). The lowest BCUT2D eigenvalue weighted by Gasteiger charge is -2.35. The topological polar surface area (TPSA) is 156 Å². The van der Waals surface area contributed by atoms with Crippen molar-refractivity contribution in [1.29, 1.82) is 0 Å². The van der Waals surface area contributed by atoms with Crippen LogP contribution < -0.4 is 4.72 Å². The summed E-state index contributed by atoms with van der Waals surface area (Å²) in [6.07, 6.45) is 3.82. The molecule has 2 aliphatic carbocycles. The van der Waals surface area contributed by atoms with Crippen LogP contribution in [0.4, 0.5) is 4.79 Å². The summed E-state index contributed by atoms with van der Waals surface area (Å²) in [6, 6.07) is 5.12. The molecular formula is C40H57N3O9S. The third-order valence-electron chi connectivity index (χ3n) is 12.3.